The third-order valence-corrected chi connectivity index (χ3v) is 3.66. The van der Waals surface area contributed by atoms with Crippen molar-refractivity contribution in [3.05, 3.63) is 0 Å². The van der Waals surface area contributed by atoms with Gasteiger partial charge in [0.25, 0.3) is 0 Å². The van der Waals surface area contributed by atoms with E-state index in [1.54, 1.807) is 0 Å². The Hall–Kier alpha value is -1.23. The summed E-state index contributed by atoms with van der Waals surface area (Å²) in [5.74, 6) is -0.0424. The van der Waals surface area contributed by atoms with Crippen LogP contribution in [0.15, 0.2) is 0 Å². The molecule has 0 aromatic heterocycles. The first-order valence-corrected chi connectivity index (χ1v) is 8.21. The first kappa shape index (κ1) is 20.8. The highest BCUT2D eigenvalue weighted by molar-refractivity contribution is 5.91. The minimum Gasteiger partial charge on any atom is -0.356 e. The van der Waals surface area contributed by atoms with Crippen molar-refractivity contribution in [1.29, 1.82) is 0 Å². The number of hydrogen-bond donors (Lipinski definition) is 2. The third-order valence-electron chi connectivity index (χ3n) is 3.66. The summed E-state index contributed by atoms with van der Waals surface area (Å²) in [6.45, 7) is 9.74. The minimum atomic E-state index is -0.488. The van der Waals surface area contributed by atoms with Gasteiger partial charge in [0.15, 0.2) is 0 Å². The number of Topliss-reactive ketones (excluding diaryl/α,β-unsaturated/α-hetero) is 2. The van der Waals surface area contributed by atoms with E-state index in [4.69, 9.17) is 5.73 Å². The minimum absolute atomic E-state index is 0.0350. The van der Waals surface area contributed by atoms with Crippen LogP contribution in [-0.2, 0) is 14.4 Å². The molecule has 128 valence electrons. The summed E-state index contributed by atoms with van der Waals surface area (Å²) in [6, 6.07) is -0.488. The van der Waals surface area contributed by atoms with E-state index < -0.39 is 6.04 Å². The topological polar surface area (TPSA) is 89.3 Å². The van der Waals surface area contributed by atoms with Crippen molar-refractivity contribution in [3.8, 4) is 0 Å². The van der Waals surface area contributed by atoms with Gasteiger partial charge in [0.05, 0.1) is 6.04 Å². The maximum atomic E-state index is 12.3. The van der Waals surface area contributed by atoms with Gasteiger partial charge in [0.1, 0.15) is 11.6 Å². The number of nitrogens with one attached hydrogen (secondary N) is 1. The highest BCUT2D eigenvalue weighted by atomic mass is 16.1. The fourth-order valence-electron chi connectivity index (χ4n) is 2.46. The molecule has 3 N–H and O–H groups in total. The van der Waals surface area contributed by atoms with Gasteiger partial charge in [-0.3, -0.25) is 14.4 Å². The van der Waals surface area contributed by atoms with Gasteiger partial charge in [-0.1, -0.05) is 27.7 Å². The molecule has 22 heavy (non-hydrogen) atoms. The zero-order valence-corrected chi connectivity index (χ0v) is 14.6. The normalized spacial score (nSPS) is 14.0. The van der Waals surface area contributed by atoms with E-state index in [1.807, 2.05) is 27.7 Å². The first-order chi connectivity index (χ1) is 10.1. The Bertz CT molecular complexity index is 378. The number of rotatable bonds is 11. The van der Waals surface area contributed by atoms with Crippen molar-refractivity contribution in [2.24, 2.45) is 23.5 Å². The Morgan fingerprint density at radius 1 is 1.09 bits per heavy atom. The molecule has 1 amide bonds. The lowest BCUT2D eigenvalue weighted by Gasteiger charge is -2.20. The molecule has 0 radical (unpaired) electrons. The highest BCUT2D eigenvalue weighted by Gasteiger charge is 2.26. The van der Waals surface area contributed by atoms with Gasteiger partial charge in [0.2, 0.25) is 5.91 Å². The van der Waals surface area contributed by atoms with Gasteiger partial charge in [-0.15, -0.1) is 0 Å². The standard InChI is InChI=1S/C17H32N2O3/c1-11(2)9-15(18)16(21)10-14(17(22)12(3)4)7-6-8-19-13(5)20/h11-12,14-15H,6-10,18H2,1-5H3,(H,19,20). The van der Waals surface area contributed by atoms with E-state index in [2.05, 4.69) is 5.32 Å². The molecular formula is C17H32N2O3. The summed E-state index contributed by atoms with van der Waals surface area (Å²) in [6.07, 6.45) is 2.16. The largest absolute Gasteiger partial charge is 0.356 e. The number of amides is 1. The van der Waals surface area contributed by atoms with E-state index in [0.29, 0.717) is 31.7 Å². The van der Waals surface area contributed by atoms with Crippen LogP contribution >= 0.6 is 0 Å². The van der Waals surface area contributed by atoms with E-state index in [1.165, 1.54) is 6.92 Å². The monoisotopic (exact) mass is 312 g/mol. The van der Waals surface area contributed by atoms with Crippen molar-refractivity contribution in [1.82, 2.24) is 5.32 Å². The van der Waals surface area contributed by atoms with Crippen LogP contribution in [-0.4, -0.2) is 30.1 Å². The number of carbonyl (C=O) groups is 3. The zero-order valence-electron chi connectivity index (χ0n) is 14.6. The second-order valence-corrected chi connectivity index (χ2v) is 6.79. The predicted octanol–water partition coefficient (Wildman–Crippen LogP) is 2.08. The number of hydrogen-bond acceptors (Lipinski definition) is 4. The fraction of sp³-hybridized carbons (Fsp3) is 0.824. The average Bonchev–Trinajstić information content (AvgIpc) is 2.39. The van der Waals surface area contributed by atoms with Gasteiger partial charge in [-0.25, -0.2) is 0 Å². The summed E-state index contributed by atoms with van der Waals surface area (Å²) >= 11 is 0. The molecule has 2 atom stereocenters. The molecule has 5 heteroatoms. The molecule has 0 aliphatic rings. The van der Waals surface area contributed by atoms with Crippen molar-refractivity contribution < 1.29 is 14.4 Å². The Labute approximate surface area is 134 Å². The van der Waals surface area contributed by atoms with Gasteiger partial charge in [-0.05, 0) is 25.2 Å². The smallest absolute Gasteiger partial charge is 0.216 e. The second-order valence-electron chi connectivity index (χ2n) is 6.79. The maximum absolute atomic E-state index is 12.3. The van der Waals surface area contributed by atoms with Gasteiger partial charge in [-0.2, -0.15) is 0 Å². The molecule has 5 nitrogen and oxygen atoms in total. The van der Waals surface area contributed by atoms with Crippen molar-refractivity contribution in [3.63, 3.8) is 0 Å². The average molecular weight is 312 g/mol. The number of ketones is 2. The van der Waals surface area contributed by atoms with E-state index >= 15 is 0 Å². The van der Waals surface area contributed by atoms with Crippen LogP contribution < -0.4 is 11.1 Å². The molecular weight excluding hydrogens is 280 g/mol. The van der Waals surface area contributed by atoms with Crippen LogP contribution in [0.2, 0.25) is 0 Å². The molecule has 0 saturated heterocycles. The van der Waals surface area contributed by atoms with Crippen LogP contribution in [0.25, 0.3) is 0 Å². The Balaban J connectivity index is 4.56. The van der Waals surface area contributed by atoms with Crippen LogP contribution in [0.5, 0.6) is 0 Å². The van der Waals surface area contributed by atoms with Crippen LogP contribution in [0, 0.1) is 17.8 Å². The Kier molecular flexibility index (Phi) is 9.90. The molecule has 2 unspecified atom stereocenters. The predicted molar refractivity (Wildman–Crippen MR) is 88.3 cm³/mol. The lowest BCUT2D eigenvalue weighted by molar-refractivity contribution is -0.130. The van der Waals surface area contributed by atoms with Crippen molar-refractivity contribution >= 4 is 17.5 Å². The molecule has 0 saturated carbocycles. The molecule has 0 heterocycles. The Morgan fingerprint density at radius 2 is 1.68 bits per heavy atom. The zero-order chi connectivity index (χ0) is 17.3. The number of nitrogens with two attached hydrogens (primary N) is 1. The van der Waals surface area contributed by atoms with Crippen molar-refractivity contribution in [2.45, 2.75) is 66.3 Å². The molecule has 0 bridgehead atoms. The van der Waals surface area contributed by atoms with Crippen LogP contribution in [0.4, 0.5) is 0 Å². The highest BCUT2D eigenvalue weighted by Crippen LogP contribution is 2.19. The quantitative estimate of drug-likeness (QED) is 0.572. The second kappa shape index (κ2) is 10.5. The van der Waals surface area contributed by atoms with Gasteiger partial charge in [0, 0.05) is 31.7 Å². The molecule has 0 fully saturated rings. The van der Waals surface area contributed by atoms with E-state index in [0.717, 1.165) is 0 Å². The molecule has 0 aliphatic carbocycles. The lowest BCUT2D eigenvalue weighted by Crippen LogP contribution is -2.35. The maximum Gasteiger partial charge on any atom is 0.216 e. The molecule has 0 spiro atoms. The summed E-state index contributed by atoms with van der Waals surface area (Å²) < 4.78 is 0. The fourth-order valence-corrected chi connectivity index (χ4v) is 2.46. The molecule has 0 aromatic carbocycles. The van der Waals surface area contributed by atoms with Gasteiger partial charge >= 0.3 is 0 Å². The molecule has 0 aromatic rings. The summed E-state index contributed by atoms with van der Waals surface area (Å²) in [5, 5.41) is 2.71. The summed E-state index contributed by atoms with van der Waals surface area (Å²) in [4.78, 5) is 35.3. The summed E-state index contributed by atoms with van der Waals surface area (Å²) in [7, 11) is 0. The Morgan fingerprint density at radius 3 is 2.14 bits per heavy atom. The number of carbonyl (C=O) groups excluding carboxylic acids is 3. The third kappa shape index (κ3) is 8.93. The molecule has 0 rings (SSSR count). The van der Waals surface area contributed by atoms with E-state index in [9.17, 15) is 14.4 Å². The van der Waals surface area contributed by atoms with Gasteiger partial charge < -0.3 is 11.1 Å². The van der Waals surface area contributed by atoms with Crippen molar-refractivity contribution in [2.75, 3.05) is 6.54 Å². The van der Waals surface area contributed by atoms with Crippen LogP contribution in [0.1, 0.15) is 60.3 Å². The molecule has 0 aliphatic heterocycles. The summed E-state index contributed by atoms with van der Waals surface area (Å²) in [5.41, 5.74) is 5.92. The SMILES string of the molecule is CC(=O)NCCCC(CC(=O)C(N)CC(C)C)C(=O)C(C)C. The first-order valence-electron chi connectivity index (χ1n) is 8.21. The lowest BCUT2D eigenvalue weighted by atomic mass is 9.85. The van der Waals surface area contributed by atoms with E-state index in [-0.39, 0.29) is 35.7 Å². The van der Waals surface area contributed by atoms with Crippen LogP contribution in [0.3, 0.4) is 0 Å².